The van der Waals surface area contributed by atoms with Crippen LogP contribution < -0.4 is 5.32 Å². The monoisotopic (exact) mass is 315 g/mol. The highest BCUT2D eigenvalue weighted by molar-refractivity contribution is 5.80. The molecule has 0 aliphatic rings. The van der Waals surface area contributed by atoms with Crippen LogP contribution in [0.4, 0.5) is 4.39 Å². The van der Waals surface area contributed by atoms with Crippen LogP contribution >= 0.6 is 0 Å². The summed E-state index contributed by atoms with van der Waals surface area (Å²) in [5.74, 6) is 1.08. The summed E-state index contributed by atoms with van der Waals surface area (Å²) in [6.45, 7) is 5.62. The molecule has 4 nitrogen and oxygen atoms in total. The van der Waals surface area contributed by atoms with E-state index in [0.29, 0.717) is 19.0 Å². The molecular formula is C18H22FN3O. The first-order valence-corrected chi connectivity index (χ1v) is 8.13. The highest BCUT2D eigenvalue weighted by atomic mass is 19.1. The van der Waals surface area contributed by atoms with Crippen LogP contribution in [0.3, 0.4) is 0 Å². The predicted octanol–water partition coefficient (Wildman–Crippen LogP) is 4.49. The fourth-order valence-corrected chi connectivity index (χ4v) is 2.89. The Bertz CT molecular complexity index is 774. The third-order valence-electron chi connectivity index (χ3n) is 4.24. The summed E-state index contributed by atoms with van der Waals surface area (Å²) >= 11 is 0. The van der Waals surface area contributed by atoms with Gasteiger partial charge in [-0.15, -0.1) is 0 Å². The molecule has 0 bridgehead atoms. The van der Waals surface area contributed by atoms with Gasteiger partial charge in [0, 0.05) is 29.7 Å². The average Bonchev–Trinajstić information content (AvgIpc) is 3.15. The Morgan fingerprint density at radius 1 is 1.17 bits per heavy atom. The lowest BCUT2D eigenvalue weighted by molar-refractivity contribution is 0.361. The smallest absolute Gasteiger partial charge is 0.150 e. The molecule has 0 spiro atoms. The molecule has 0 amide bonds. The van der Waals surface area contributed by atoms with Gasteiger partial charge in [-0.1, -0.05) is 19.0 Å². The summed E-state index contributed by atoms with van der Waals surface area (Å²) in [7, 11) is 0. The van der Waals surface area contributed by atoms with E-state index in [9.17, 15) is 4.39 Å². The molecule has 3 aromatic rings. The molecule has 3 rings (SSSR count). The van der Waals surface area contributed by atoms with Gasteiger partial charge in [-0.2, -0.15) is 0 Å². The minimum atomic E-state index is -0.227. The Labute approximate surface area is 135 Å². The molecule has 0 unspecified atom stereocenters. The summed E-state index contributed by atoms with van der Waals surface area (Å²) < 4.78 is 18.6. The van der Waals surface area contributed by atoms with Crippen molar-refractivity contribution in [2.75, 3.05) is 0 Å². The topological polar surface area (TPSA) is 53.9 Å². The molecule has 0 atom stereocenters. The van der Waals surface area contributed by atoms with E-state index in [2.05, 4.69) is 29.3 Å². The Morgan fingerprint density at radius 2 is 2.00 bits per heavy atom. The Morgan fingerprint density at radius 3 is 2.78 bits per heavy atom. The SMILES string of the molecule is CCC(CC)c1cc(CNCc2cc3ccc(F)cc3[nH]2)on1. The van der Waals surface area contributed by atoms with Crippen LogP contribution in [0.15, 0.2) is 34.9 Å². The number of hydrogen-bond donors (Lipinski definition) is 2. The standard InChI is InChI=1S/C18H22FN3O/c1-3-12(4-2)18-9-16(23-22-18)11-20-10-15-7-13-5-6-14(19)8-17(13)21-15/h5-9,12,20-21H,3-4,10-11H2,1-2H3. The highest BCUT2D eigenvalue weighted by Gasteiger charge is 2.12. The summed E-state index contributed by atoms with van der Waals surface area (Å²) in [6, 6.07) is 8.82. The van der Waals surface area contributed by atoms with Crippen LogP contribution in [0.2, 0.25) is 0 Å². The van der Waals surface area contributed by atoms with E-state index in [-0.39, 0.29) is 5.82 Å². The molecule has 0 aliphatic carbocycles. The highest BCUT2D eigenvalue weighted by Crippen LogP contribution is 2.22. The van der Waals surface area contributed by atoms with Crippen LogP contribution in [0.1, 0.15) is 49.8 Å². The van der Waals surface area contributed by atoms with E-state index in [1.54, 1.807) is 6.07 Å². The van der Waals surface area contributed by atoms with Crippen molar-refractivity contribution in [1.82, 2.24) is 15.5 Å². The van der Waals surface area contributed by atoms with Crippen LogP contribution in [-0.4, -0.2) is 10.1 Å². The van der Waals surface area contributed by atoms with Crippen molar-refractivity contribution in [3.63, 3.8) is 0 Å². The number of hydrogen-bond acceptors (Lipinski definition) is 3. The van der Waals surface area contributed by atoms with Gasteiger partial charge in [0.1, 0.15) is 5.82 Å². The first-order valence-electron chi connectivity index (χ1n) is 8.13. The maximum atomic E-state index is 13.2. The first-order chi connectivity index (χ1) is 11.2. The van der Waals surface area contributed by atoms with Gasteiger partial charge >= 0.3 is 0 Å². The molecule has 2 heterocycles. The van der Waals surface area contributed by atoms with Gasteiger partial charge in [0.05, 0.1) is 12.2 Å². The number of nitrogens with zero attached hydrogens (tertiary/aromatic N) is 1. The van der Waals surface area contributed by atoms with Crippen LogP contribution in [-0.2, 0) is 13.1 Å². The maximum Gasteiger partial charge on any atom is 0.150 e. The third kappa shape index (κ3) is 3.62. The molecule has 0 radical (unpaired) electrons. The predicted molar refractivity (Wildman–Crippen MR) is 88.6 cm³/mol. The molecule has 5 heteroatoms. The van der Waals surface area contributed by atoms with Crippen LogP contribution in [0.5, 0.6) is 0 Å². The summed E-state index contributed by atoms with van der Waals surface area (Å²) in [5, 5.41) is 8.50. The van der Waals surface area contributed by atoms with Crippen molar-refractivity contribution in [2.45, 2.75) is 45.7 Å². The molecule has 0 saturated heterocycles. The molecule has 0 saturated carbocycles. The van der Waals surface area contributed by atoms with Gasteiger partial charge in [-0.05, 0) is 42.5 Å². The first kappa shape index (κ1) is 15.7. The second-order valence-corrected chi connectivity index (χ2v) is 5.86. The second-order valence-electron chi connectivity index (χ2n) is 5.86. The zero-order valence-electron chi connectivity index (χ0n) is 13.5. The number of aromatic amines is 1. The van der Waals surface area contributed by atoms with Crippen molar-refractivity contribution < 1.29 is 8.91 Å². The molecular weight excluding hydrogens is 293 g/mol. The number of benzene rings is 1. The van der Waals surface area contributed by atoms with Crippen molar-refractivity contribution in [3.8, 4) is 0 Å². The quantitative estimate of drug-likeness (QED) is 0.675. The Kier molecular flexibility index (Phi) is 4.76. The van der Waals surface area contributed by atoms with Crippen molar-refractivity contribution in [3.05, 3.63) is 53.3 Å². The van der Waals surface area contributed by atoms with Gasteiger partial charge < -0.3 is 14.8 Å². The lowest BCUT2D eigenvalue weighted by Gasteiger charge is -2.05. The maximum absolute atomic E-state index is 13.2. The molecule has 23 heavy (non-hydrogen) atoms. The van der Waals surface area contributed by atoms with Gasteiger partial charge in [0.2, 0.25) is 0 Å². The number of rotatable bonds is 7. The average molecular weight is 315 g/mol. The largest absolute Gasteiger partial charge is 0.360 e. The van der Waals surface area contributed by atoms with Gasteiger partial charge in [0.25, 0.3) is 0 Å². The van der Waals surface area contributed by atoms with E-state index in [1.165, 1.54) is 12.1 Å². The summed E-state index contributed by atoms with van der Waals surface area (Å²) in [4.78, 5) is 3.22. The molecule has 1 aromatic carbocycles. The number of nitrogens with one attached hydrogen (secondary N) is 2. The van der Waals surface area contributed by atoms with E-state index >= 15 is 0 Å². The van der Waals surface area contributed by atoms with E-state index < -0.39 is 0 Å². The molecule has 2 aromatic heterocycles. The zero-order chi connectivity index (χ0) is 16.2. The van der Waals surface area contributed by atoms with E-state index in [4.69, 9.17) is 4.52 Å². The lowest BCUT2D eigenvalue weighted by atomic mass is 9.99. The molecule has 2 N–H and O–H groups in total. The number of aromatic nitrogens is 2. The lowest BCUT2D eigenvalue weighted by Crippen LogP contribution is -2.12. The number of H-pyrrole nitrogens is 1. The molecule has 0 aliphatic heterocycles. The van der Waals surface area contributed by atoms with E-state index in [0.717, 1.165) is 40.9 Å². The minimum absolute atomic E-state index is 0.227. The number of halogens is 1. The second kappa shape index (κ2) is 6.96. The summed E-state index contributed by atoms with van der Waals surface area (Å²) in [6.07, 6.45) is 2.14. The third-order valence-corrected chi connectivity index (χ3v) is 4.24. The summed E-state index contributed by atoms with van der Waals surface area (Å²) in [5.41, 5.74) is 2.87. The zero-order valence-corrected chi connectivity index (χ0v) is 13.5. The molecule has 122 valence electrons. The minimum Gasteiger partial charge on any atom is -0.360 e. The molecule has 0 fully saturated rings. The normalized spacial score (nSPS) is 11.7. The van der Waals surface area contributed by atoms with Gasteiger partial charge in [0.15, 0.2) is 5.76 Å². The van der Waals surface area contributed by atoms with Crippen molar-refractivity contribution in [1.29, 1.82) is 0 Å². The Balaban J connectivity index is 1.58. The fraction of sp³-hybridized carbons (Fsp3) is 0.389. The fourth-order valence-electron chi connectivity index (χ4n) is 2.89. The van der Waals surface area contributed by atoms with Crippen molar-refractivity contribution in [2.24, 2.45) is 0 Å². The van der Waals surface area contributed by atoms with Crippen LogP contribution in [0, 0.1) is 5.82 Å². The van der Waals surface area contributed by atoms with Gasteiger partial charge in [-0.3, -0.25) is 0 Å². The van der Waals surface area contributed by atoms with Gasteiger partial charge in [-0.25, -0.2) is 4.39 Å². The van der Waals surface area contributed by atoms with Crippen LogP contribution in [0.25, 0.3) is 10.9 Å². The van der Waals surface area contributed by atoms with E-state index in [1.807, 2.05) is 12.1 Å². The Hall–Kier alpha value is -2.14. The van der Waals surface area contributed by atoms with Crippen molar-refractivity contribution >= 4 is 10.9 Å². The number of fused-ring (bicyclic) bond motifs is 1.